The normalized spacial score (nSPS) is 20.1. The molecule has 9 rings (SSSR count). The lowest BCUT2D eigenvalue weighted by Crippen LogP contribution is -2.39. The summed E-state index contributed by atoms with van der Waals surface area (Å²) in [5.41, 5.74) is 9.26. The SMILES string of the molecule is Cc1cc(-c2[nH]nc3ncc(-c4ccc(N5CC6CN(CCc7ccc(C8CCC(=O)NC8=O)cc7)CC6C5)cn4)cc23)ccc1C(C)NC(=O)c1noc(C(C)(C)C)n1. The highest BCUT2D eigenvalue weighted by Crippen LogP contribution is 2.36. The number of fused-ring (bicyclic) bond motifs is 2. The maximum Gasteiger partial charge on any atom is 0.293 e. The Labute approximate surface area is 348 Å². The topological polar surface area (TPSA) is 175 Å². The van der Waals surface area contributed by atoms with Crippen molar-refractivity contribution in [2.24, 2.45) is 11.8 Å². The molecule has 3 N–H and O–H groups in total. The summed E-state index contributed by atoms with van der Waals surface area (Å²) in [4.78, 5) is 55.7. The molecule has 3 aliphatic rings. The van der Waals surface area contributed by atoms with Gasteiger partial charge in [-0.1, -0.05) is 62.3 Å². The van der Waals surface area contributed by atoms with Gasteiger partial charge in [-0.15, -0.1) is 0 Å². The number of imide groups is 1. The molecule has 0 aliphatic carbocycles. The molecule has 2 aromatic carbocycles. The van der Waals surface area contributed by atoms with E-state index in [4.69, 9.17) is 9.51 Å². The summed E-state index contributed by atoms with van der Waals surface area (Å²) in [5.74, 6) is 0.696. The number of carbonyl (C=O) groups is 3. The van der Waals surface area contributed by atoms with Crippen LogP contribution in [0.4, 0.5) is 5.69 Å². The second-order valence-electron chi connectivity index (χ2n) is 17.7. The van der Waals surface area contributed by atoms with Gasteiger partial charge in [0.05, 0.1) is 35.2 Å². The van der Waals surface area contributed by atoms with E-state index in [0.717, 1.165) is 89.4 Å². The Balaban J connectivity index is 0.799. The molecule has 7 heterocycles. The predicted octanol–water partition coefficient (Wildman–Crippen LogP) is 6.30. The Morgan fingerprint density at radius 3 is 2.42 bits per heavy atom. The number of amides is 3. The zero-order valence-corrected chi connectivity index (χ0v) is 34.7. The Morgan fingerprint density at radius 1 is 0.950 bits per heavy atom. The van der Waals surface area contributed by atoms with Gasteiger partial charge in [0, 0.05) is 67.3 Å². The van der Waals surface area contributed by atoms with E-state index < -0.39 is 0 Å². The number of piperidine rings is 1. The van der Waals surface area contributed by atoms with Crippen molar-refractivity contribution in [2.75, 3.05) is 37.6 Å². The fourth-order valence-electron chi connectivity index (χ4n) is 8.98. The Hall–Kier alpha value is -6.28. The molecule has 0 saturated carbocycles. The standard InChI is InChI=1S/C46H50N10O4/c1-26-18-30(10-12-35(26)27(2)49-44(59)42-51-45(60-54-42)46(3,4)5)40-37-19-31(20-48-41(37)53-52-40)38-14-11-34(21-47-38)56-24-32-22-55(23-33(32)25-56)17-16-28-6-8-29(9-7-28)36-13-15-39(57)50-43(36)58/h6-12,14,18-21,27,32-33,36H,13,15-17,22-25H2,1-5H3,(H,49,59)(H,48,52,53)(H,50,57,58). The fourth-order valence-corrected chi connectivity index (χ4v) is 8.98. The number of carbonyl (C=O) groups excluding carboxylic acids is 3. The molecule has 3 fully saturated rings. The number of nitrogens with one attached hydrogen (secondary N) is 3. The highest BCUT2D eigenvalue weighted by Gasteiger charge is 2.40. The first-order valence-corrected chi connectivity index (χ1v) is 20.8. The molecule has 0 radical (unpaired) electrons. The Morgan fingerprint density at radius 2 is 1.73 bits per heavy atom. The maximum atomic E-state index is 12.9. The lowest BCUT2D eigenvalue weighted by Gasteiger charge is -2.23. The summed E-state index contributed by atoms with van der Waals surface area (Å²) >= 11 is 0. The van der Waals surface area contributed by atoms with Crippen LogP contribution in [0, 0.1) is 18.8 Å². The second-order valence-corrected chi connectivity index (χ2v) is 17.7. The number of rotatable bonds is 10. The minimum atomic E-state index is -0.387. The monoisotopic (exact) mass is 806 g/mol. The molecule has 4 unspecified atom stereocenters. The van der Waals surface area contributed by atoms with Gasteiger partial charge < -0.3 is 19.6 Å². The average Bonchev–Trinajstić information content (AvgIpc) is 4.04. The van der Waals surface area contributed by atoms with Crippen LogP contribution in [0.3, 0.4) is 0 Å². The zero-order valence-electron chi connectivity index (χ0n) is 34.7. The highest BCUT2D eigenvalue weighted by molar-refractivity contribution is 6.01. The van der Waals surface area contributed by atoms with E-state index in [1.807, 2.05) is 71.3 Å². The van der Waals surface area contributed by atoms with E-state index in [1.54, 1.807) is 0 Å². The third kappa shape index (κ3) is 7.91. The van der Waals surface area contributed by atoms with Gasteiger partial charge in [0.15, 0.2) is 5.65 Å². The first kappa shape index (κ1) is 39.2. The molecule has 60 heavy (non-hydrogen) atoms. The number of anilines is 1. The minimum absolute atomic E-state index is 0.0193. The number of H-pyrrole nitrogens is 1. The number of nitrogens with zero attached hydrogens (tertiary/aromatic N) is 7. The van der Waals surface area contributed by atoms with E-state index in [-0.39, 0.29) is 40.9 Å². The van der Waals surface area contributed by atoms with Gasteiger partial charge in [0.25, 0.3) is 11.7 Å². The predicted molar refractivity (Wildman–Crippen MR) is 227 cm³/mol. The molecule has 0 spiro atoms. The van der Waals surface area contributed by atoms with E-state index in [9.17, 15) is 14.4 Å². The summed E-state index contributed by atoms with van der Waals surface area (Å²) in [6.45, 7) is 15.1. The van der Waals surface area contributed by atoms with Crippen molar-refractivity contribution in [3.8, 4) is 22.5 Å². The van der Waals surface area contributed by atoms with Gasteiger partial charge in [-0.2, -0.15) is 10.1 Å². The molecular formula is C46H50N10O4. The average molecular weight is 807 g/mol. The van der Waals surface area contributed by atoms with Crippen molar-refractivity contribution < 1.29 is 18.9 Å². The molecule has 3 aliphatic heterocycles. The molecule has 0 bridgehead atoms. The van der Waals surface area contributed by atoms with E-state index in [1.165, 1.54) is 5.56 Å². The van der Waals surface area contributed by atoms with Crippen LogP contribution in [0.2, 0.25) is 0 Å². The Bertz CT molecular complexity index is 2560. The molecule has 14 nitrogen and oxygen atoms in total. The number of pyridine rings is 2. The number of benzene rings is 2. The molecule has 308 valence electrons. The van der Waals surface area contributed by atoms with Gasteiger partial charge in [-0.3, -0.25) is 29.8 Å². The number of aromatic amines is 1. The quantitative estimate of drug-likeness (QED) is 0.133. The number of aromatic nitrogens is 6. The van der Waals surface area contributed by atoms with Gasteiger partial charge in [0.2, 0.25) is 17.7 Å². The maximum absolute atomic E-state index is 12.9. The van der Waals surface area contributed by atoms with Gasteiger partial charge in [0.1, 0.15) is 0 Å². The molecule has 3 saturated heterocycles. The van der Waals surface area contributed by atoms with Crippen molar-refractivity contribution in [1.82, 2.24) is 45.8 Å². The third-order valence-electron chi connectivity index (χ3n) is 12.4. The van der Waals surface area contributed by atoms with Crippen LogP contribution < -0.4 is 15.5 Å². The molecule has 4 atom stereocenters. The Kier molecular flexibility index (Phi) is 10.3. The summed E-state index contributed by atoms with van der Waals surface area (Å²) in [5, 5.41) is 17.9. The highest BCUT2D eigenvalue weighted by atomic mass is 16.5. The lowest BCUT2D eigenvalue weighted by atomic mass is 9.90. The summed E-state index contributed by atoms with van der Waals surface area (Å²) in [6, 6.07) is 20.6. The number of likely N-dealkylation sites (tertiary alicyclic amines) is 1. The molecular weight excluding hydrogens is 757 g/mol. The van der Waals surface area contributed by atoms with E-state index in [0.29, 0.717) is 36.2 Å². The van der Waals surface area contributed by atoms with Gasteiger partial charge in [-0.25, -0.2) is 4.98 Å². The largest absolute Gasteiger partial charge is 0.370 e. The molecule has 3 amide bonds. The summed E-state index contributed by atoms with van der Waals surface area (Å²) in [6.07, 6.45) is 5.75. The fraction of sp³-hybridized carbons (Fsp3) is 0.391. The second kappa shape index (κ2) is 15.7. The molecule has 6 aromatic rings. The van der Waals surface area contributed by atoms with E-state index in [2.05, 4.69) is 82.2 Å². The first-order valence-electron chi connectivity index (χ1n) is 20.8. The van der Waals surface area contributed by atoms with Crippen LogP contribution in [0.25, 0.3) is 33.5 Å². The summed E-state index contributed by atoms with van der Waals surface area (Å²) in [7, 11) is 0. The third-order valence-corrected chi connectivity index (χ3v) is 12.4. The van der Waals surface area contributed by atoms with Gasteiger partial charge >= 0.3 is 0 Å². The van der Waals surface area contributed by atoms with Crippen LogP contribution >= 0.6 is 0 Å². The first-order chi connectivity index (χ1) is 28.9. The number of hydrogen-bond donors (Lipinski definition) is 3. The minimum Gasteiger partial charge on any atom is -0.370 e. The van der Waals surface area contributed by atoms with Crippen LogP contribution in [0.5, 0.6) is 0 Å². The van der Waals surface area contributed by atoms with Crippen molar-refractivity contribution in [3.05, 3.63) is 107 Å². The lowest BCUT2D eigenvalue weighted by molar-refractivity contribution is -0.134. The van der Waals surface area contributed by atoms with Crippen molar-refractivity contribution in [2.45, 2.75) is 71.3 Å². The summed E-state index contributed by atoms with van der Waals surface area (Å²) < 4.78 is 5.31. The van der Waals surface area contributed by atoms with Crippen molar-refractivity contribution >= 4 is 34.4 Å². The van der Waals surface area contributed by atoms with Crippen LogP contribution in [-0.4, -0.2) is 85.7 Å². The van der Waals surface area contributed by atoms with Crippen molar-refractivity contribution in [1.29, 1.82) is 0 Å². The molecule has 4 aromatic heterocycles. The van der Waals surface area contributed by atoms with Gasteiger partial charge in [-0.05, 0) is 85.0 Å². The van der Waals surface area contributed by atoms with Crippen LogP contribution in [-0.2, 0) is 21.4 Å². The van der Waals surface area contributed by atoms with Crippen LogP contribution in [0.15, 0.2) is 77.6 Å². The van der Waals surface area contributed by atoms with Crippen LogP contribution in [0.1, 0.15) is 91.3 Å². The van der Waals surface area contributed by atoms with Crippen molar-refractivity contribution in [3.63, 3.8) is 0 Å². The smallest absolute Gasteiger partial charge is 0.293 e. The number of aryl methyl sites for hydroxylation is 1. The number of hydrogen-bond acceptors (Lipinski definition) is 11. The zero-order chi connectivity index (χ0) is 41.7. The molecule has 14 heteroatoms. The van der Waals surface area contributed by atoms with E-state index >= 15 is 0 Å².